The number of furan rings is 1. The van der Waals surface area contributed by atoms with Crippen molar-refractivity contribution >= 4 is 23.4 Å². The average molecular weight is 417 g/mol. The summed E-state index contributed by atoms with van der Waals surface area (Å²) in [4.78, 5) is 48.1. The number of anilines is 1. The summed E-state index contributed by atoms with van der Waals surface area (Å²) >= 11 is 0. The van der Waals surface area contributed by atoms with Crippen LogP contribution in [0.1, 0.15) is 33.7 Å². The Labute approximate surface area is 177 Å². The summed E-state index contributed by atoms with van der Waals surface area (Å²) < 4.78 is 5.43. The summed E-state index contributed by atoms with van der Waals surface area (Å²) in [7, 11) is 0. The third-order valence-electron chi connectivity index (χ3n) is 5.61. The molecule has 9 nitrogen and oxygen atoms in total. The summed E-state index contributed by atoms with van der Waals surface area (Å²) in [5.74, 6) is -0.187. The number of hydrogen-bond donors (Lipinski definition) is 2. The molecular formula is C22H19N5O4. The number of hydrogen-bond acceptors (Lipinski definition) is 6. The van der Waals surface area contributed by atoms with E-state index in [2.05, 4.69) is 20.6 Å². The van der Waals surface area contributed by atoms with Crippen molar-refractivity contribution in [2.24, 2.45) is 0 Å². The largest absolute Gasteiger partial charge is 0.464 e. The highest BCUT2D eigenvalue weighted by atomic mass is 16.3. The molecule has 0 saturated carbocycles. The first kappa shape index (κ1) is 19.0. The summed E-state index contributed by atoms with van der Waals surface area (Å²) in [5.41, 5.74) is 1.87. The minimum atomic E-state index is -0.673. The molecule has 0 bridgehead atoms. The molecule has 1 aromatic carbocycles. The summed E-state index contributed by atoms with van der Waals surface area (Å²) in [5, 5.41) is 5.76. The van der Waals surface area contributed by atoms with Crippen LogP contribution in [0.4, 0.5) is 5.69 Å². The molecule has 2 aliphatic heterocycles. The first-order valence-electron chi connectivity index (χ1n) is 9.97. The van der Waals surface area contributed by atoms with Crippen LogP contribution in [-0.2, 0) is 4.79 Å². The van der Waals surface area contributed by atoms with Crippen LogP contribution in [0.3, 0.4) is 0 Å². The van der Waals surface area contributed by atoms with Crippen LogP contribution >= 0.6 is 0 Å². The lowest BCUT2D eigenvalue weighted by Crippen LogP contribution is -2.55. The zero-order valence-corrected chi connectivity index (χ0v) is 16.4. The van der Waals surface area contributed by atoms with E-state index in [9.17, 15) is 14.4 Å². The number of benzene rings is 1. The molecule has 4 heterocycles. The van der Waals surface area contributed by atoms with Crippen molar-refractivity contribution in [2.45, 2.75) is 24.9 Å². The quantitative estimate of drug-likeness (QED) is 0.674. The molecule has 0 unspecified atom stereocenters. The van der Waals surface area contributed by atoms with Gasteiger partial charge in [0.15, 0.2) is 0 Å². The average Bonchev–Trinajstić information content (AvgIpc) is 3.31. The van der Waals surface area contributed by atoms with Crippen LogP contribution in [0, 0.1) is 0 Å². The zero-order chi connectivity index (χ0) is 21.4. The number of piperidine rings is 1. The van der Waals surface area contributed by atoms with Gasteiger partial charge in [0.25, 0.3) is 11.8 Å². The van der Waals surface area contributed by atoms with Crippen molar-refractivity contribution in [3.8, 4) is 11.3 Å². The molecule has 0 radical (unpaired) electrons. The molecule has 2 aliphatic rings. The molecule has 3 aromatic rings. The molecule has 156 valence electrons. The van der Waals surface area contributed by atoms with Crippen molar-refractivity contribution < 1.29 is 18.8 Å². The smallest absolute Gasteiger partial charge is 0.271 e. The van der Waals surface area contributed by atoms with Crippen LogP contribution in [0.25, 0.3) is 11.3 Å². The van der Waals surface area contributed by atoms with E-state index >= 15 is 0 Å². The third-order valence-corrected chi connectivity index (χ3v) is 5.61. The van der Waals surface area contributed by atoms with Crippen LogP contribution < -0.4 is 10.6 Å². The van der Waals surface area contributed by atoms with E-state index in [0.29, 0.717) is 36.4 Å². The summed E-state index contributed by atoms with van der Waals surface area (Å²) in [6.45, 7) is 0.354. The molecule has 9 heteroatoms. The third kappa shape index (κ3) is 3.54. The van der Waals surface area contributed by atoms with E-state index in [1.165, 1.54) is 18.6 Å². The second-order valence-corrected chi connectivity index (χ2v) is 7.53. The van der Waals surface area contributed by atoms with Gasteiger partial charge in [0.2, 0.25) is 5.91 Å². The molecule has 31 heavy (non-hydrogen) atoms. The van der Waals surface area contributed by atoms with E-state index in [-0.39, 0.29) is 29.5 Å². The fourth-order valence-corrected chi connectivity index (χ4v) is 4.06. The van der Waals surface area contributed by atoms with Crippen LogP contribution in [0.5, 0.6) is 0 Å². The second kappa shape index (κ2) is 7.67. The Morgan fingerprint density at radius 3 is 2.90 bits per heavy atom. The van der Waals surface area contributed by atoms with Gasteiger partial charge in [-0.25, -0.2) is 4.98 Å². The van der Waals surface area contributed by atoms with E-state index < -0.39 is 6.04 Å². The monoisotopic (exact) mass is 417 g/mol. The number of aromatic nitrogens is 2. The number of rotatable bonds is 3. The normalized spacial score (nSPS) is 20.3. The molecule has 3 amide bonds. The van der Waals surface area contributed by atoms with Gasteiger partial charge in [-0.15, -0.1) is 0 Å². The lowest BCUT2D eigenvalue weighted by molar-refractivity contribution is -0.121. The number of nitrogens with zero attached hydrogens (tertiary/aromatic N) is 3. The number of amides is 3. The molecule has 2 N–H and O–H groups in total. The topological polar surface area (TPSA) is 117 Å². The fraction of sp³-hybridized carbons (Fsp3) is 0.227. The maximum absolute atomic E-state index is 13.3. The maximum atomic E-state index is 13.3. The molecular weight excluding hydrogens is 398 g/mol. The van der Waals surface area contributed by atoms with E-state index in [1.54, 1.807) is 35.4 Å². The van der Waals surface area contributed by atoms with Gasteiger partial charge in [0.05, 0.1) is 23.7 Å². The van der Waals surface area contributed by atoms with Gasteiger partial charge >= 0.3 is 0 Å². The van der Waals surface area contributed by atoms with Gasteiger partial charge < -0.3 is 20.0 Å². The van der Waals surface area contributed by atoms with Crippen molar-refractivity contribution in [3.05, 3.63) is 66.4 Å². The van der Waals surface area contributed by atoms with Crippen LogP contribution in [0.2, 0.25) is 0 Å². The molecule has 2 aromatic heterocycles. The maximum Gasteiger partial charge on any atom is 0.271 e. The first-order valence-corrected chi connectivity index (χ1v) is 9.97. The molecule has 0 spiro atoms. The lowest BCUT2D eigenvalue weighted by atomic mass is 9.96. The standard InChI is InChI=1S/C22H19N5O4/c28-20(17-12-23-6-7-24-17)25-14-5-8-27-18(11-14)21(29)26-16-4-3-13(10-15(16)22(27)30)19-2-1-9-31-19/h1-4,6-7,9-10,12,14,18H,5,8,11H2,(H,25,28)(H,26,29)/t14-,18-/m0/s1. The Kier molecular flexibility index (Phi) is 4.70. The fourth-order valence-electron chi connectivity index (χ4n) is 4.06. The molecule has 5 rings (SSSR count). The van der Waals surface area contributed by atoms with Crippen LogP contribution in [-0.4, -0.2) is 51.2 Å². The summed E-state index contributed by atoms with van der Waals surface area (Å²) in [6, 6.07) is 7.92. The van der Waals surface area contributed by atoms with Crippen molar-refractivity contribution in [3.63, 3.8) is 0 Å². The number of fused-ring (bicyclic) bond motifs is 2. The van der Waals surface area contributed by atoms with Gasteiger partial charge in [-0.3, -0.25) is 19.4 Å². The van der Waals surface area contributed by atoms with Crippen molar-refractivity contribution in [2.75, 3.05) is 11.9 Å². The van der Waals surface area contributed by atoms with Crippen molar-refractivity contribution in [1.29, 1.82) is 0 Å². The first-order chi connectivity index (χ1) is 15.1. The number of carbonyl (C=O) groups is 3. The van der Waals surface area contributed by atoms with Gasteiger partial charge in [0, 0.05) is 30.5 Å². The van der Waals surface area contributed by atoms with Gasteiger partial charge in [0.1, 0.15) is 17.5 Å². The highest BCUT2D eigenvalue weighted by Gasteiger charge is 2.40. The molecule has 1 saturated heterocycles. The van der Waals surface area contributed by atoms with Gasteiger partial charge in [-0.05, 0) is 43.2 Å². The summed E-state index contributed by atoms with van der Waals surface area (Å²) in [6.07, 6.45) is 6.76. The van der Waals surface area contributed by atoms with E-state index in [0.717, 1.165) is 5.56 Å². The van der Waals surface area contributed by atoms with Crippen molar-refractivity contribution in [1.82, 2.24) is 20.2 Å². The number of carbonyl (C=O) groups excluding carboxylic acids is 3. The van der Waals surface area contributed by atoms with Gasteiger partial charge in [-0.1, -0.05) is 0 Å². The highest BCUT2D eigenvalue weighted by molar-refractivity contribution is 6.10. The lowest BCUT2D eigenvalue weighted by Gasteiger charge is -2.37. The predicted molar refractivity (Wildman–Crippen MR) is 110 cm³/mol. The SMILES string of the molecule is O=C(N[C@H]1CCN2C(=O)c3cc(-c4ccco4)ccc3NC(=O)[C@@H]2C1)c1cnccn1. The van der Waals surface area contributed by atoms with Gasteiger partial charge in [-0.2, -0.15) is 0 Å². The van der Waals surface area contributed by atoms with E-state index in [1.807, 2.05) is 6.07 Å². The second-order valence-electron chi connectivity index (χ2n) is 7.53. The molecule has 0 aliphatic carbocycles. The zero-order valence-electron chi connectivity index (χ0n) is 16.4. The Balaban J connectivity index is 1.37. The minimum Gasteiger partial charge on any atom is -0.464 e. The highest BCUT2D eigenvalue weighted by Crippen LogP contribution is 2.32. The molecule has 2 atom stereocenters. The molecule has 1 fully saturated rings. The van der Waals surface area contributed by atoms with Crippen LogP contribution in [0.15, 0.2) is 59.6 Å². The Hall–Kier alpha value is -4.01. The Bertz CT molecular complexity index is 1150. The predicted octanol–water partition coefficient (Wildman–Crippen LogP) is 2.09. The Morgan fingerprint density at radius 1 is 1.23 bits per heavy atom. The number of nitrogens with one attached hydrogen (secondary N) is 2. The Morgan fingerprint density at radius 2 is 2.13 bits per heavy atom. The minimum absolute atomic E-state index is 0.212. The van der Waals surface area contributed by atoms with E-state index in [4.69, 9.17) is 4.42 Å².